The third-order valence-corrected chi connectivity index (χ3v) is 3.36. The Hall–Kier alpha value is -2.35. The van der Waals surface area contributed by atoms with Crippen LogP contribution >= 0.6 is 0 Å². The van der Waals surface area contributed by atoms with E-state index in [4.69, 9.17) is 4.74 Å². The van der Waals surface area contributed by atoms with Crippen LogP contribution in [0.1, 0.15) is 18.1 Å². The van der Waals surface area contributed by atoms with Gasteiger partial charge in [0.25, 0.3) is 0 Å². The topological polar surface area (TPSA) is 67.3 Å². The van der Waals surface area contributed by atoms with Crippen molar-refractivity contribution in [2.75, 3.05) is 19.0 Å². The van der Waals surface area contributed by atoms with Crippen LogP contribution in [0.5, 0.6) is 5.75 Å². The first-order valence-corrected chi connectivity index (χ1v) is 7.24. The van der Waals surface area contributed by atoms with Crippen LogP contribution in [0.4, 0.5) is 19.0 Å². The van der Waals surface area contributed by atoms with Crippen LogP contribution in [0.3, 0.4) is 0 Å². The molecule has 0 amide bonds. The number of halogens is 3. The molecular weight excluding hydrogens is 323 g/mol. The second-order valence-corrected chi connectivity index (χ2v) is 5.40. The lowest BCUT2D eigenvalue weighted by molar-refractivity contribution is -0.137. The zero-order valence-corrected chi connectivity index (χ0v) is 13.5. The molecule has 0 saturated carbocycles. The first-order chi connectivity index (χ1) is 11.2. The number of rotatable bonds is 5. The molecule has 0 fully saturated rings. The van der Waals surface area contributed by atoms with Crippen molar-refractivity contribution in [1.82, 2.24) is 10.2 Å². The highest BCUT2D eigenvalue weighted by Crippen LogP contribution is 2.38. The number of methoxy groups -OCH3 is 1. The number of nitrogens with one attached hydrogen (secondary N) is 1. The Morgan fingerprint density at radius 3 is 2.50 bits per heavy atom. The number of aromatic nitrogens is 2. The molecule has 130 valence electrons. The summed E-state index contributed by atoms with van der Waals surface area (Å²) in [5.74, 6) is 0.535. The fraction of sp³-hybridized carbons (Fsp3) is 0.375. The van der Waals surface area contributed by atoms with Crippen LogP contribution in [0.25, 0.3) is 11.3 Å². The summed E-state index contributed by atoms with van der Waals surface area (Å²) < 4.78 is 44.8. The summed E-state index contributed by atoms with van der Waals surface area (Å²) in [6, 6.07) is 5.22. The summed E-state index contributed by atoms with van der Waals surface area (Å²) in [6.45, 7) is 3.58. The van der Waals surface area contributed by atoms with Crippen LogP contribution in [0, 0.1) is 6.92 Å². The van der Waals surface area contributed by atoms with Gasteiger partial charge in [0, 0.05) is 12.1 Å². The Kier molecular flexibility index (Phi) is 5.28. The number of hydrogen-bond donors (Lipinski definition) is 2. The zero-order chi connectivity index (χ0) is 17.9. The van der Waals surface area contributed by atoms with E-state index in [1.165, 1.54) is 25.3 Å². The first kappa shape index (κ1) is 18.0. The average Bonchev–Trinajstić information content (AvgIpc) is 2.52. The maximum Gasteiger partial charge on any atom is 0.417 e. The first-order valence-electron chi connectivity index (χ1n) is 7.24. The molecule has 0 saturated heterocycles. The molecule has 0 aliphatic heterocycles. The molecule has 2 aromatic rings. The molecule has 1 heterocycles. The highest BCUT2D eigenvalue weighted by Gasteiger charge is 2.34. The average molecular weight is 341 g/mol. The fourth-order valence-corrected chi connectivity index (χ4v) is 2.14. The SMILES string of the molecule is COc1ccc(-c2cc(C)c(NC[C@@H](C)O)nn2)c(C(F)(F)F)c1. The van der Waals surface area contributed by atoms with E-state index in [1.54, 1.807) is 13.8 Å². The molecule has 0 radical (unpaired) electrons. The number of ether oxygens (including phenoxy) is 1. The summed E-state index contributed by atoms with van der Waals surface area (Å²) in [5.41, 5.74) is -0.157. The van der Waals surface area contributed by atoms with Gasteiger partial charge in [-0.15, -0.1) is 10.2 Å². The molecule has 1 aromatic heterocycles. The van der Waals surface area contributed by atoms with Gasteiger partial charge in [0.15, 0.2) is 5.82 Å². The van der Waals surface area contributed by atoms with E-state index in [0.717, 1.165) is 6.07 Å². The van der Waals surface area contributed by atoms with Gasteiger partial charge < -0.3 is 15.2 Å². The summed E-state index contributed by atoms with van der Waals surface area (Å²) in [5, 5.41) is 20.0. The molecule has 24 heavy (non-hydrogen) atoms. The summed E-state index contributed by atoms with van der Waals surface area (Å²) in [7, 11) is 1.31. The van der Waals surface area contributed by atoms with Gasteiger partial charge in [0.1, 0.15) is 5.75 Å². The number of benzene rings is 1. The van der Waals surface area contributed by atoms with Gasteiger partial charge in [-0.25, -0.2) is 0 Å². The fourth-order valence-electron chi connectivity index (χ4n) is 2.14. The van der Waals surface area contributed by atoms with Crippen molar-refractivity contribution < 1.29 is 23.0 Å². The summed E-state index contributed by atoms with van der Waals surface area (Å²) in [6.07, 6.45) is -5.12. The van der Waals surface area contributed by atoms with Gasteiger partial charge in [-0.05, 0) is 43.7 Å². The lowest BCUT2D eigenvalue weighted by atomic mass is 10.0. The normalized spacial score (nSPS) is 12.8. The smallest absolute Gasteiger partial charge is 0.417 e. The van der Waals surface area contributed by atoms with Crippen LogP contribution < -0.4 is 10.1 Å². The predicted molar refractivity (Wildman–Crippen MR) is 83.9 cm³/mol. The van der Waals surface area contributed by atoms with Gasteiger partial charge in [-0.2, -0.15) is 13.2 Å². The van der Waals surface area contributed by atoms with E-state index in [2.05, 4.69) is 15.5 Å². The van der Waals surface area contributed by atoms with E-state index < -0.39 is 17.8 Å². The third kappa shape index (κ3) is 4.14. The lowest BCUT2D eigenvalue weighted by Crippen LogP contribution is -2.17. The number of nitrogens with zero attached hydrogens (tertiary/aromatic N) is 2. The van der Waals surface area contributed by atoms with Crippen molar-refractivity contribution in [3.05, 3.63) is 35.4 Å². The van der Waals surface area contributed by atoms with Crippen molar-refractivity contribution in [2.45, 2.75) is 26.1 Å². The van der Waals surface area contributed by atoms with Crippen LogP contribution in [-0.4, -0.2) is 35.1 Å². The van der Waals surface area contributed by atoms with Gasteiger partial charge in [-0.3, -0.25) is 0 Å². The highest BCUT2D eigenvalue weighted by atomic mass is 19.4. The summed E-state index contributed by atoms with van der Waals surface area (Å²) in [4.78, 5) is 0. The molecule has 1 atom stereocenters. The van der Waals surface area contributed by atoms with Crippen molar-refractivity contribution in [3.63, 3.8) is 0 Å². The van der Waals surface area contributed by atoms with Gasteiger partial charge in [0.05, 0.1) is 24.5 Å². The molecule has 0 aliphatic carbocycles. The van der Waals surface area contributed by atoms with Crippen molar-refractivity contribution in [1.29, 1.82) is 0 Å². The van der Waals surface area contributed by atoms with E-state index in [1.807, 2.05) is 0 Å². The monoisotopic (exact) mass is 341 g/mol. The van der Waals surface area contributed by atoms with E-state index in [0.29, 0.717) is 11.4 Å². The quantitative estimate of drug-likeness (QED) is 0.874. The minimum Gasteiger partial charge on any atom is -0.497 e. The minimum atomic E-state index is -4.54. The Morgan fingerprint density at radius 1 is 1.25 bits per heavy atom. The number of aliphatic hydroxyl groups is 1. The number of hydrogen-bond acceptors (Lipinski definition) is 5. The number of aliphatic hydroxyl groups excluding tert-OH is 1. The summed E-state index contributed by atoms with van der Waals surface area (Å²) >= 11 is 0. The van der Waals surface area contributed by atoms with E-state index in [9.17, 15) is 18.3 Å². The molecule has 5 nitrogen and oxygen atoms in total. The predicted octanol–water partition coefficient (Wildman–Crippen LogP) is 3.27. The lowest BCUT2D eigenvalue weighted by Gasteiger charge is -2.15. The van der Waals surface area contributed by atoms with Gasteiger partial charge >= 0.3 is 6.18 Å². The Balaban J connectivity index is 2.43. The zero-order valence-electron chi connectivity index (χ0n) is 13.5. The molecular formula is C16H18F3N3O2. The third-order valence-electron chi connectivity index (χ3n) is 3.36. The van der Waals surface area contributed by atoms with E-state index >= 15 is 0 Å². The second-order valence-electron chi connectivity index (χ2n) is 5.40. The van der Waals surface area contributed by atoms with Crippen molar-refractivity contribution >= 4 is 5.82 Å². The van der Waals surface area contributed by atoms with Gasteiger partial charge in [0.2, 0.25) is 0 Å². The largest absolute Gasteiger partial charge is 0.497 e. The Morgan fingerprint density at radius 2 is 1.96 bits per heavy atom. The van der Waals surface area contributed by atoms with Crippen LogP contribution in [-0.2, 0) is 6.18 Å². The molecule has 2 rings (SSSR count). The van der Waals surface area contributed by atoms with Crippen molar-refractivity contribution in [2.24, 2.45) is 0 Å². The molecule has 0 unspecified atom stereocenters. The number of aryl methyl sites for hydroxylation is 1. The highest BCUT2D eigenvalue weighted by molar-refractivity contribution is 5.67. The number of alkyl halides is 3. The standard InChI is InChI=1S/C16H18F3N3O2/c1-9-6-14(21-22-15(9)20-8-10(2)23)12-5-4-11(24-3)7-13(12)16(17,18)19/h4-7,10,23H,8H2,1-3H3,(H,20,22)/t10-/m1/s1. The number of anilines is 1. The van der Waals surface area contributed by atoms with Gasteiger partial charge in [-0.1, -0.05) is 0 Å². The minimum absolute atomic E-state index is 0.0685. The van der Waals surface area contributed by atoms with Crippen molar-refractivity contribution in [3.8, 4) is 17.0 Å². The Labute approximate surface area is 137 Å². The van der Waals surface area contributed by atoms with E-state index in [-0.39, 0.29) is 23.6 Å². The molecule has 8 heteroatoms. The maximum atomic E-state index is 13.3. The molecule has 2 N–H and O–H groups in total. The Bertz CT molecular complexity index is 718. The molecule has 0 aliphatic rings. The van der Waals surface area contributed by atoms with Crippen LogP contribution in [0.2, 0.25) is 0 Å². The maximum absolute atomic E-state index is 13.3. The second kappa shape index (κ2) is 7.04. The van der Waals surface area contributed by atoms with Crippen LogP contribution in [0.15, 0.2) is 24.3 Å². The molecule has 1 aromatic carbocycles. The molecule has 0 bridgehead atoms. The molecule has 0 spiro atoms.